The van der Waals surface area contributed by atoms with E-state index in [2.05, 4.69) is 0 Å². The SMILES string of the molecule is CC(=O)O[C@@H]1[C@H](O)[C@@H](OC(=O)c2ccccc2)[C@H](Sc2ccccc2)O[C@@H]1COC(=O)c1ccccc1. The summed E-state index contributed by atoms with van der Waals surface area (Å²) < 4.78 is 22.7. The zero-order chi connectivity index (χ0) is 26.2. The van der Waals surface area contributed by atoms with Gasteiger partial charge in [-0.1, -0.05) is 66.4 Å². The third kappa shape index (κ3) is 6.97. The van der Waals surface area contributed by atoms with E-state index < -0.39 is 47.8 Å². The minimum Gasteiger partial charge on any atom is -0.459 e. The highest BCUT2D eigenvalue weighted by molar-refractivity contribution is 7.99. The molecule has 9 heteroatoms. The number of thioether (sulfide) groups is 1. The van der Waals surface area contributed by atoms with E-state index in [1.807, 2.05) is 30.3 Å². The second-order valence-electron chi connectivity index (χ2n) is 8.24. The van der Waals surface area contributed by atoms with E-state index in [0.29, 0.717) is 11.1 Å². The summed E-state index contributed by atoms with van der Waals surface area (Å²) in [5.41, 5.74) is -0.258. The van der Waals surface area contributed by atoms with Crippen LogP contribution in [0.3, 0.4) is 0 Å². The molecule has 1 heterocycles. The van der Waals surface area contributed by atoms with Crippen LogP contribution in [0.1, 0.15) is 27.6 Å². The molecular formula is C28H26O8S. The van der Waals surface area contributed by atoms with Crippen LogP contribution in [0, 0.1) is 0 Å². The van der Waals surface area contributed by atoms with Gasteiger partial charge in [-0.25, -0.2) is 9.59 Å². The van der Waals surface area contributed by atoms with Gasteiger partial charge in [0.05, 0.1) is 11.1 Å². The molecular weight excluding hydrogens is 496 g/mol. The van der Waals surface area contributed by atoms with Gasteiger partial charge in [0.15, 0.2) is 12.2 Å². The summed E-state index contributed by atoms with van der Waals surface area (Å²) in [5.74, 6) is -1.93. The lowest BCUT2D eigenvalue weighted by molar-refractivity contribution is -0.220. The van der Waals surface area contributed by atoms with Crippen molar-refractivity contribution in [1.29, 1.82) is 0 Å². The Labute approximate surface area is 218 Å². The predicted molar refractivity (Wildman–Crippen MR) is 135 cm³/mol. The predicted octanol–water partition coefficient (Wildman–Crippen LogP) is 3.88. The molecule has 0 bridgehead atoms. The molecule has 4 rings (SSSR count). The lowest BCUT2D eigenvalue weighted by Crippen LogP contribution is -2.60. The number of carbonyl (C=O) groups excluding carboxylic acids is 3. The first-order valence-electron chi connectivity index (χ1n) is 11.6. The standard InChI is InChI=1S/C28H26O8S/c1-18(29)34-24-22(17-33-26(31)19-11-5-2-6-12-19)35-28(37-21-15-9-4-10-16-21)25(23(24)30)36-27(32)20-13-7-3-8-14-20/h2-16,22-25,28,30H,17H2,1H3/t22-,23+,24+,25-,28+/m1/s1. The number of aliphatic hydroxyl groups excluding tert-OH is 1. The van der Waals surface area contributed by atoms with Gasteiger partial charge < -0.3 is 24.1 Å². The molecule has 0 amide bonds. The number of aliphatic hydroxyl groups is 1. The van der Waals surface area contributed by atoms with E-state index in [1.165, 1.54) is 18.7 Å². The third-order valence-corrected chi connectivity index (χ3v) is 6.71. The first kappa shape index (κ1) is 26.4. The second kappa shape index (κ2) is 12.5. The molecule has 1 N–H and O–H groups in total. The Kier molecular flexibility index (Phi) is 8.95. The van der Waals surface area contributed by atoms with E-state index in [4.69, 9.17) is 18.9 Å². The monoisotopic (exact) mass is 522 g/mol. The molecule has 37 heavy (non-hydrogen) atoms. The maximum Gasteiger partial charge on any atom is 0.338 e. The number of hydrogen-bond donors (Lipinski definition) is 1. The number of rotatable bonds is 8. The second-order valence-corrected chi connectivity index (χ2v) is 9.41. The van der Waals surface area contributed by atoms with Crippen LogP contribution in [0.25, 0.3) is 0 Å². The molecule has 0 unspecified atom stereocenters. The Morgan fingerprint density at radius 1 is 0.784 bits per heavy atom. The fraction of sp³-hybridized carbons (Fsp3) is 0.250. The van der Waals surface area contributed by atoms with Gasteiger partial charge in [0.1, 0.15) is 24.3 Å². The van der Waals surface area contributed by atoms with Gasteiger partial charge in [-0.15, -0.1) is 0 Å². The Hall–Kier alpha value is -3.66. The molecule has 0 aromatic heterocycles. The van der Waals surface area contributed by atoms with Crippen LogP contribution in [0.15, 0.2) is 95.9 Å². The summed E-state index contributed by atoms with van der Waals surface area (Å²) in [6.45, 7) is 0.892. The first-order valence-corrected chi connectivity index (χ1v) is 12.5. The zero-order valence-corrected chi connectivity index (χ0v) is 20.8. The molecule has 3 aromatic rings. The normalized spacial score (nSPS) is 23.0. The van der Waals surface area contributed by atoms with E-state index in [9.17, 15) is 19.5 Å². The van der Waals surface area contributed by atoms with E-state index in [1.54, 1.807) is 60.7 Å². The molecule has 1 aliphatic heterocycles. The number of carbonyl (C=O) groups is 3. The molecule has 192 valence electrons. The molecule has 0 saturated carbocycles. The fourth-order valence-corrected chi connectivity index (χ4v) is 4.93. The van der Waals surface area contributed by atoms with Crippen molar-refractivity contribution >= 4 is 29.7 Å². The molecule has 1 aliphatic rings. The summed E-state index contributed by atoms with van der Waals surface area (Å²) in [6.07, 6.45) is -4.91. The Balaban J connectivity index is 1.58. The minimum atomic E-state index is -1.45. The van der Waals surface area contributed by atoms with Crippen molar-refractivity contribution in [3.05, 3.63) is 102 Å². The molecule has 3 aromatic carbocycles. The molecule has 0 aliphatic carbocycles. The molecule has 0 radical (unpaired) electrons. The highest BCUT2D eigenvalue weighted by atomic mass is 32.2. The lowest BCUT2D eigenvalue weighted by Gasteiger charge is -2.43. The van der Waals surface area contributed by atoms with Crippen molar-refractivity contribution in [3.8, 4) is 0 Å². The molecule has 1 saturated heterocycles. The van der Waals surface area contributed by atoms with E-state index >= 15 is 0 Å². The summed E-state index contributed by atoms with van der Waals surface area (Å²) in [6, 6.07) is 26.0. The molecule has 5 atom stereocenters. The van der Waals surface area contributed by atoms with Gasteiger partial charge in [0.2, 0.25) is 0 Å². The van der Waals surface area contributed by atoms with Crippen molar-refractivity contribution in [3.63, 3.8) is 0 Å². The number of esters is 3. The average molecular weight is 523 g/mol. The van der Waals surface area contributed by atoms with Crippen LogP contribution in [0.4, 0.5) is 0 Å². The Morgan fingerprint density at radius 2 is 1.32 bits per heavy atom. The first-order chi connectivity index (χ1) is 17.9. The van der Waals surface area contributed by atoms with Gasteiger partial charge >= 0.3 is 17.9 Å². The fourth-order valence-electron chi connectivity index (χ4n) is 3.80. The van der Waals surface area contributed by atoms with Crippen LogP contribution < -0.4 is 0 Å². The maximum absolute atomic E-state index is 12.9. The molecule has 1 fully saturated rings. The van der Waals surface area contributed by atoms with Gasteiger partial charge in [0.25, 0.3) is 0 Å². The average Bonchev–Trinajstić information content (AvgIpc) is 2.92. The quantitative estimate of drug-likeness (QED) is 0.348. The van der Waals surface area contributed by atoms with E-state index in [-0.39, 0.29) is 6.61 Å². The van der Waals surface area contributed by atoms with Gasteiger partial charge in [-0.05, 0) is 36.4 Å². The van der Waals surface area contributed by atoms with Crippen LogP contribution in [0.5, 0.6) is 0 Å². The van der Waals surface area contributed by atoms with Crippen molar-refractivity contribution in [2.75, 3.05) is 6.61 Å². The van der Waals surface area contributed by atoms with E-state index in [0.717, 1.165) is 4.90 Å². The van der Waals surface area contributed by atoms with Gasteiger partial charge in [-0.3, -0.25) is 4.79 Å². The lowest BCUT2D eigenvalue weighted by atomic mass is 9.99. The number of hydrogen-bond acceptors (Lipinski definition) is 9. The topological polar surface area (TPSA) is 108 Å². The van der Waals surface area contributed by atoms with Crippen LogP contribution in [-0.2, 0) is 23.7 Å². The Bertz CT molecular complexity index is 1190. The van der Waals surface area contributed by atoms with Gasteiger partial charge in [0, 0.05) is 11.8 Å². The van der Waals surface area contributed by atoms with Crippen LogP contribution in [-0.4, -0.2) is 59.5 Å². The minimum absolute atomic E-state index is 0.293. The largest absolute Gasteiger partial charge is 0.459 e. The smallest absolute Gasteiger partial charge is 0.338 e. The number of benzene rings is 3. The highest BCUT2D eigenvalue weighted by Gasteiger charge is 2.50. The van der Waals surface area contributed by atoms with Crippen molar-refractivity contribution < 1.29 is 38.4 Å². The summed E-state index contributed by atoms with van der Waals surface area (Å²) in [7, 11) is 0. The van der Waals surface area contributed by atoms with Crippen LogP contribution in [0.2, 0.25) is 0 Å². The maximum atomic E-state index is 12.9. The highest BCUT2D eigenvalue weighted by Crippen LogP contribution is 2.36. The summed E-state index contributed by atoms with van der Waals surface area (Å²) in [5, 5.41) is 11.3. The Morgan fingerprint density at radius 3 is 1.89 bits per heavy atom. The van der Waals surface area contributed by atoms with Crippen molar-refractivity contribution in [2.24, 2.45) is 0 Å². The molecule has 0 spiro atoms. The number of ether oxygens (including phenoxy) is 4. The van der Waals surface area contributed by atoms with Crippen molar-refractivity contribution in [1.82, 2.24) is 0 Å². The van der Waals surface area contributed by atoms with Crippen LogP contribution >= 0.6 is 11.8 Å². The summed E-state index contributed by atoms with van der Waals surface area (Å²) >= 11 is 1.23. The summed E-state index contributed by atoms with van der Waals surface area (Å²) in [4.78, 5) is 38.1. The van der Waals surface area contributed by atoms with Crippen molar-refractivity contribution in [2.45, 2.75) is 41.7 Å². The molecule has 8 nitrogen and oxygen atoms in total. The zero-order valence-electron chi connectivity index (χ0n) is 20.0. The third-order valence-electron chi connectivity index (χ3n) is 5.56. The van der Waals surface area contributed by atoms with Gasteiger partial charge in [-0.2, -0.15) is 0 Å².